The van der Waals surface area contributed by atoms with Crippen molar-refractivity contribution in [2.75, 3.05) is 13.7 Å². The van der Waals surface area contributed by atoms with Crippen LogP contribution in [0.3, 0.4) is 0 Å². The van der Waals surface area contributed by atoms with Gasteiger partial charge < -0.3 is 14.8 Å². The van der Waals surface area contributed by atoms with E-state index in [0.29, 0.717) is 13.0 Å². The fraction of sp³-hybridized carbons (Fsp3) is 0.909. The lowest BCUT2D eigenvalue weighted by atomic mass is 10.0. The Morgan fingerprint density at radius 1 is 0.900 bits per heavy atom. The van der Waals surface area contributed by atoms with Gasteiger partial charge in [-0.05, 0) is 39.1 Å². The summed E-state index contributed by atoms with van der Waals surface area (Å²) >= 11 is 0. The number of azide groups is 1. The number of rotatable bonds is 17. The predicted molar refractivity (Wildman–Crippen MR) is 119 cm³/mol. The van der Waals surface area contributed by atoms with Crippen molar-refractivity contribution in [3.05, 3.63) is 10.4 Å². The molecule has 0 aromatic rings. The Morgan fingerprint density at radius 2 is 1.37 bits per heavy atom. The molecule has 0 aromatic heterocycles. The van der Waals surface area contributed by atoms with Crippen LogP contribution in [-0.4, -0.2) is 37.4 Å². The van der Waals surface area contributed by atoms with Crippen LogP contribution in [-0.2, 0) is 14.3 Å². The van der Waals surface area contributed by atoms with Crippen molar-refractivity contribution in [3.8, 4) is 0 Å². The average molecular weight is 427 g/mol. The molecular formula is C22H42N4O4. The summed E-state index contributed by atoms with van der Waals surface area (Å²) in [7, 11) is 1.33. The Labute approximate surface area is 182 Å². The first-order chi connectivity index (χ1) is 14.3. The van der Waals surface area contributed by atoms with E-state index in [-0.39, 0.29) is 0 Å². The molecule has 30 heavy (non-hydrogen) atoms. The topological polar surface area (TPSA) is 113 Å². The zero-order valence-corrected chi connectivity index (χ0v) is 19.5. The molecule has 0 saturated carbocycles. The standard InChI is InChI=1S/C22H42N4O4/c1-22(2,3)30-21(28)25-19(20(27)29-4)17-15-13-11-9-7-5-6-8-10-12-14-16-18-24-26-23/h19H,5-18H2,1-4H3,(H,25,28)/t19-/m0/s1. The summed E-state index contributed by atoms with van der Waals surface area (Å²) in [6.45, 7) is 5.98. The third-order valence-corrected chi connectivity index (χ3v) is 4.74. The molecule has 0 spiro atoms. The minimum absolute atomic E-state index is 0.432. The van der Waals surface area contributed by atoms with Gasteiger partial charge in [-0.2, -0.15) is 0 Å². The Kier molecular flexibility index (Phi) is 16.7. The maximum Gasteiger partial charge on any atom is 0.408 e. The molecule has 8 heteroatoms. The van der Waals surface area contributed by atoms with Crippen molar-refractivity contribution in [1.82, 2.24) is 5.32 Å². The van der Waals surface area contributed by atoms with Crippen LogP contribution in [0, 0.1) is 0 Å². The molecule has 1 atom stereocenters. The lowest BCUT2D eigenvalue weighted by Crippen LogP contribution is -2.44. The first kappa shape index (κ1) is 28.1. The van der Waals surface area contributed by atoms with E-state index in [2.05, 4.69) is 15.3 Å². The fourth-order valence-corrected chi connectivity index (χ4v) is 3.18. The molecule has 0 rings (SSSR count). The maximum atomic E-state index is 11.9. The molecule has 0 aliphatic carbocycles. The van der Waals surface area contributed by atoms with E-state index in [4.69, 9.17) is 15.0 Å². The molecule has 0 aromatic carbocycles. The molecule has 0 aliphatic heterocycles. The van der Waals surface area contributed by atoms with E-state index in [9.17, 15) is 9.59 Å². The quantitative estimate of drug-likeness (QED) is 0.0948. The molecule has 174 valence electrons. The number of esters is 1. The lowest BCUT2D eigenvalue weighted by molar-refractivity contribution is -0.143. The Hall–Kier alpha value is -1.95. The number of methoxy groups -OCH3 is 1. The van der Waals surface area contributed by atoms with Crippen molar-refractivity contribution < 1.29 is 19.1 Å². The summed E-state index contributed by atoms with van der Waals surface area (Å²) in [6.07, 6.45) is 13.9. The molecule has 0 radical (unpaired) electrons. The van der Waals surface area contributed by atoms with Crippen LogP contribution in [0.15, 0.2) is 5.11 Å². The minimum atomic E-state index is -0.656. The molecule has 0 heterocycles. The van der Waals surface area contributed by atoms with Gasteiger partial charge in [0.1, 0.15) is 11.6 Å². The summed E-state index contributed by atoms with van der Waals surface area (Å²) < 4.78 is 10.0. The zero-order chi connectivity index (χ0) is 22.7. The highest BCUT2D eigenvalue weighted by Gasteiger charge is 2.24. The van der Waals surface area contributed by atoms with Crippen molar-refractivity contribution >= 4 is 12.1 Å². The molecular weight excluding hydrogens is 384 g/mol. The average Bonchev–Trinajstić information content (AvgIpc) is 2.68. The third kappa shape index (κ3) is 18.1. The number of carbonyl (C=O) groups is 2. The van der Waals surface area contributed by atoms with Crippen LogP contribution >= 0.6 is 0 Å². The second kappa shape index (κ2) is 17.9. The van der Waals surface area contributed by atoms with Crippen LogP contribution in [0.1, 0.15) is 104 Å². The summed E-state index contributed by atoms with van der Waals surface area (Å²) in [4.78, 5) is 26.5. The second-order valence-corrected chi connectivity index (χ2v) is 8.71. The predicted octanol–water partition coefficient (Wildman–Crippen LogP) is 6.43. The number of hydrogen-bond donors (Lipinski definition) is 1. The molecule has 0 fully saturated rings. The molecule has 1 N–H and O–H groups in total. The smallest absolute Gasteiger partial charge is 0.408 e. The van der Waals surface area contributed by atoms with Gasteiger partial charge in [-0.1, -0.05) is 75.7 Å². The number of unbranched alkanes of at least 4 members (excludes halogenated alkanes) is 11. The largest absolute Gasteiger partial charge is 0.467 e. The summed E-state index contributed by atoms with van der Waals surface area (Å²) in [6, 6.07) is -0.656. The van der Waals surface area contributed by atoms with Crippen LogP contribution in [0.4, 0.5) is 4.79 Å². The third-order valence-electron chi connectivity index (χ3n) is 4.74. The fourth-order valence-electron chi connectivity index (χ4n) is 3.18. The van der Waals surface area contributed by atoms with Gasteiger partial charge in [0, 0.05) is 11.5 Å². The lowest BCUT2D eigenvalue weighted by Gasteiger charge is -2.22. The van der Waals surface area contributed by atoms with E-state index >= 15 is 0 Å². The van der Waals surface area contributed by atoms with E-state index in [1.165, 1.54) is 52.1 Å². The van der Waals surface area contributed by atoms with Crippen molar-refractivity contribution in [2.24, 2.45) is 5.11 Å². The molecule has 0 bridgehead atoms. The van der Waals surface area contributed by atoms with Gasteiger partial charge in [-0.15, -0.1) is 0 Å². The highest BCUT2D eigenvalue weighted by molar-refractivity contribution is 5.81. The summed E-state index contributed by atoms with van der Waals surface area (Å²) in [5.41, 5.74) is 7.60. The number of carbonyl (C=O) groups excluding carboxylic acids is 2. The number of nitrogens with one attached hydrogen (secondary N) is 1. The Bertz CT molecular complexity index is 514. The van der Waals surface area contributed by atoms with Gasteiger partial charge >= 0.3 is 12.1 Å². The highest BCUT2D eigenvalue weighted by Crippen LogP contribution is 2.14. The molecule has 8 nitrogen and oxygen atoms in total. The highest BCUT2D eigenvalue weighted by atomic mass is 16.6. The zero-order valence-electron chi connectivity index (χ0n) is 19.5. The van der Waals surface area contributed by atoms with Gasteiger partial charge in [0.2, 0.25) is 0 Å². The number of nitrogens with zero attached hydrogens (tertiary/aromatic N) is 3. The maximum absolute atomic E-state index is 11.9. The Balaban J connectivity index is 3.70. The van der Waals surface area contributed by atoms with Crippen LogP contribution in [0.5, 0.6) is 0 Å². The summed E-state index contributed by atoms with van der Waals surface area (Å²) in [5.74, 6) is -0.432. The summed E-state index contributed by atoms with van der Waals surface area (Å²) in [5, 5.41) is 6.16. The van der Waals surface area contributed by atoms with Gasteiger partial charge in [0.05, 0.1) is 7.11 Å². The van der Waals surface area contributed by atoms with Crippen molar-refractivity contribution in [3.63, 3.8) is 0 Å². The van der Waals surface area contributed by atoms with Crippen molar-refractivity contribution in [1.29, 1.82) is 0 Å². The Morgan fingerprint density at radius 3 is 1.80 bits per heavy atom. The minimum Gasteiger partial charge on any atom is -0.467 e. The number of amides is 1. The van der Waals surface area contributed by atoms with Crippen LogP contribution in [0.2, 0.25) is 0 Å². The molecule has 0 saturated heterocycles. The van der Waals surface area contributed by atoms with Crippen LogP contribution in [0.25, 0.3) is 10.4 Å². The molecule has 0 unspecified atom stereocenters. The monoisotopic (exact) mass is 426 g/mol. The van der Waals surface area contributed by atoms with Crippen LogP contribution < -0.4 is 5.32 Å². The van der Waals surface area contributed by atoms with Gasteiger partial charge in [-0.3, -0.25) is 0 Å². The number of alkyl carbamates (subject to hydrolysis) is 1. The van der Waals surface area contributed by atoms with E-state index < -0.39 is 23.7 Å². The van der Waals surface area contributed by atoms with E-state index in [1.807, 2.05) is 0 Å². The SMILES string of the molecule is COC(=O)[C@H](CCCCCCCCCCCCCCN=[N+]=[N-])NC(=O)OC(C)(C)C. The first-order valence-corrected chi connectivity index (χ1v) is 11.4. The van der Waals surface area contributed by atoms with E-state index in [1.54, 1.807) is 20.8 Å². The van der Waals surface area contributed by atoms with Crippen molar-refractivity contribution in [2.45, 2.75) is 116 Å². The van der Waals surface area contributed by atoms with Gasteiger partial charge in [0.15, 0.2) is 0 Å². The first-order valence-electron chi connectivity index (χ1n) is 11.4. The second-order valence-electron chi connectivity index (χ2n) is 8.71. The number of ether oxygens (including phenoxy) is 2. The molecule has 1 amide bonds. The van der Waals surface area contributed by atoms with Gasteiger partial charge in [-0.25, -0.2) is 9.59 Å². The van der Waals surface area contributed by atoms with E-state index in [0.717, 1.165) is 32.1 Å². The van der Waals surface area contributed by atoms with Gasteiger partial charge in [0.25, 0.3) is 0 Å². The number of hydrogen-bond acceptors (Lipinski definition) is 5. The molecule has 0 aliphatic rings. The normalized spacial score (nSPS) is 12.0.